The molecule has 3 nitrogen and oxygen atoms in total. The minimum atomic E-state index is -0.396. The van der Waals surface area contributed by atoms with Crippen LogP contribution in [0.3, 0.4) is 0 Å². The van der Waals surface area contributed by atoms with Gasteiger partial charge in [0.15, 0.2) is 0 Å². The lowest BCUT2D eigenvalue weighted by atomic mass is 9.82. The minimum Gasteiger partial charge on any atom is -0.396 e. The number of hydrogen-bond acceptors (Lipinski definition) is 3. The molecule has 0 unspecified atom stereocenters. The first-order valence-electron chi connectivity index (χ1n) is 4.46. The van der Waals surface area contributed by atoms with Crippen LogP contribution in [0.2, 0.25) is 5.15 Å². The zero-order chi connectivity index (χ0) is 10.8. The molecule has 0 aliphatic heterocycles. The van der Waals surface area contributed by atoms with Crippen molar-refractivity contribution in [1.82, 2.24) is 4.98 Å². The first kappa shape index (κ1) is 14.6. The smallest absolute Gasteiger partial charge is 0.133 e. The average molecular weight is 251 g/mol. The van der Waals surface area contributed by atoms with Crippen molar-refractivity contribution in [2.75, 3.05) is 6.61 Å². The summed E-state index contributed by atoms with van der Waals surface area (Å²) in [5, 5.41) is 9.58. The molecule has 0 spiro atoms. The Hall–Kier alpha value is -0.350. The quantitative estimate of drug-likeness (QED) is 0.809. The number of aliphatic hydroxyl groups is 1. The number of rotatable bonds is 3. The van der Waals surface area contributed by atoms with Crippen LogP contribution in [-0.4, -0.2) is 16.7 Å². The van der Waals surface area contributed by atoms with E-state index in [2.05, 4.69) is 4.98 Å². The summed E-state index contributed by atoms with van der Waals surface area (Å²) in [4.78, 5) is 3.95. The van der Waals surface area contributed by atoms with E-state index in [0.717, 1.165) is 5.56 Å². The van der Waals surface area contributed by atoms with Gasteiger partial charge in [-0.25, -0.2) is 4.98 Å². The highest BCUT2D eigenvalue weighted by Crippen LogP contribution is 2.33. The second-order valence-electron chi connectivity index (χ2n) is 4.01. The maximum atomic E-state index is 9.17. The van der Waals surface area contributed by atoms with Crippen LogP contribution in [-0.2, 0) is 0 Å². The van der Waals surface area contributed by atoms with Crippen LogP contribution in [0, 0.1) is 5.41 Å². The fourth-order valence-electron chi connectivity index (χ4n) is 1.15. The highest BCUT2D eigenvalue weighted by Gasteiger charge is 2.28. The number of nitrogens with two attached hydrogens (primary N) is 1. The third kappa shape index (κ3) is 3.31. The standard InChI is InChI=1S/C10H15ClN2O.ClH/c1-10(2,6-14)8(12)7-4-3-5-13-9(7)11;/h3-5,8,14H,6,12H2,1-2H3;1H/t8-;/m1./s1. The molecule has 0 radical (unpaired) electrons. The number of pyridine rings is 1. The lowest BCUT2D eigenvalue weighted by Crippen LogP contribution is -2.32. The lowest BCUT2D eigenvalue weighted by molar-refractivity contribution is 0.132. The molecule has 15 heavy (non-hydrogen) atoms. The summed E-state index contributed by atoms with van der Waals surface area (Å²) in [6.07, 6.45) is 1.62. The van der Waals surface area contributed by atoms with Crippen LogP contribution < -0.4 is 5.73 Å². The van der Waals surface area contributed by atoms with E-state index in [4.69, 9.17) is 17.3 Å². The Balaban J connectivity index is 0.00000196. The summed E-state index contributed by atoms with van der Waals surface area (Å²) >= 11 is 5.91. The summed E-state index contributed by atoms with van der Waals surface area (Å²) < 4.78 is 0. The molecular formula is C10H16Cl2N2O. The van der Waals surface area contributed by atoms with Crippen LogP contribution in [0.4, 0.5) is 0 Å². The Kier molecular flexibility index (Phi) is 5.53. The highest BCUT2D eigenvalue weighted by atomic mass is 35.5. The van der Waals surface area contributed by atoms with Gasteiger partial charge in [0.1, 0.15) is 5.15 Å². The van der Waals surface area contributed by atoms with E-state index < -0.39 is 5.41 Å². The Morgan fingerprint density at radius 1 is 1.60 bits per heavy atom. The molecule has 0 bridgehead atoms. The van der Waals surface area contributed by atoms with Gasteiger partial charge < -0.3 is 10.8 Å². The average Bonchev–Trinajstić information content (AvgIpc) is 2.17. The van der Waals surface area contributed by atoms with Crippen LogP contribution in [0.1, 0.15) is 25.5 Å². The van der Waals surface area contributed by atoms with E-state index >= 15 is 0 Å². The third-order valence-electron chi connectivity index (χ3n) is 2.37. The molecule has 0 aliphatic rings. The molecule has 0 saturated heterocycles. The van der Waals surface area contributed by atoms with E-state index in [1.54, 1.807) is 12.3 Å². The van der Waals surface area contributed by atoms with Crippen LogP contribution in [0.25, 0.3) is 0 Å². The Labute approximate surface area is 101 Å². The molecule has 3 N–H and O–H groups in total. The normalized spacial score (nSPS) is 13.1. The van der Waals surface area contributed by atoms with Gasteiger partial charge in [-0.2, -0.15) is 0 Å². The molecule has 0 amide bonds. The van der Waals surface area contributed by atoms with Gasteiger partial charge in [0.05, 0.1) is 0 Å². The molecule has 1 aromatic heterocycles. The van der Waals surface area contributed by atoms with Gasteiger partial charge in [-0.3, -0.25) is 0 Å². The van der Waals surface area contributed by atoms with E-state index in [1.165, 1.54) is 0 Å². The summed E-state index contributed by atoms with van der Waals surface area (Å²) in [5.74, 6) is 0. The van der Waals surface area contributed by atoms with E-state index in [-0.39, 0.29) is 25.1 Å². The van der Waals surface area contributed by atoms with Crippen molar-refractivity contribution < 1.29 is 5.11 Å². The van der Waals surface area contributed by atoms with Gasteiger partial charge in [0, 0.05) is 29.8 Å². The van der Waals surface area contributed by atoms with Crippen LogP contribution >= 0.6 is 24.0 Å². The van der Waals surface area contributed by atoms with Gasteiger partial charge >= 0.3 is 0 Å². The summed E-state index contributed by atoms with van der Waals surface area (Å²) in [6, 6.07) is 3.31. The van der Waals surface area contributed by atoms with Gasteiger partial charge in [-0.05, 0) is 6.07 Å². The van der Waals surface area contributed by atoms with E-state index in [1.807, 2.05) is 19.9 Å². The van der Waals surface area contributed by atoms with Gasteiger partial charge in [0.25, 0.3) is 0 Å². The monoisotopic (exact) mass is 250 g/mol. The Morgan fingerprint density at radius 2 is 2.20 bits per heavy atom. The SMILES string of the molecule is CC(C)(CO)[C@H](N)c1cccnc1Cl.Cl. The summed E-state index contributed by atoms with van der Waals surface area (Å²) in [7, 11) is 0. The number of halogens is 2. The number of aromatic nitrogens is 1. The van der Waals surface area contributed by atoms with Crippen LogP contribution in [0.15, 0.2) is 18.3 Å². The largest absolute Gasteiger partial charge is 0.396 e. The predicted octanol–water partition coefficient (Wildman–Crippen LogP) is 2.18. The highest BCUT2D eigenvalue weighted by molar-refractivity contribution is 6.30. The van der Waals surface area contributed by atoms with E-state index in [0.29, 0.717) is 5.15 Å². The number of aliphatic hydroxyl groups excluding tert-OH is 1. The molecule has 1 aromatic rings. The van der Waals surface area contributed by atoms with Crippen molar-refractivity contribution in [3.05, 3.63) is 29.0 Å². The topological polar surface area (TPSA) is 59.1 Å². The molecule has 1 heterocycles. The first-order chi connectivity index (χ1) is 6.49. The zero-order valence-corrected chi connectivity index (χ0v) is 10.3. The summed E-state index contributed by atoms with van der Waals surface area (Å²) in [6.45, 7) is 3.79. The maximum absolute atomic E-state index is 9.17. The molecule has 1 rings (SSSR count). The number of nitrogens with zero attached hydrogens (tertiary/aromatic N) is 1. The zero-order valence-electron chi connectivity index (χ0n) is 8.77. The van der Waals surface area contributed by atoms with Crippen molar-refractivity contribution in [3.63, 3.8) is 0 Å². The van der Waals surface area contributed by atoms with Crippen molar-refractivity contribution in [2.24, 2.45) is 11.1 Å². The lowest BCUT2D eigenvalue weighted by Gasteiger charge is -2.29. The Morgan fingerprint density at radius 3 is 2.67 bits per heavy atom. The molecular weight excluding hydrogens is 235 g/mol. The van der Waals surface area contributed by atoms with E-state index in [9.17, 15) is 5.11 Å². The van der Waals surface area contributed by atoms with Gasteiger partial charge in [-0.1, -0.05) is 31.5 Å². The third-order valence-corrected chi connectivity index (χ3v) is 2.69. The fraction of sp³-hybridized carbons (Fsp3) is 0.500. The van der Waals surface area contributed by atoms with Crippen molar-refractivity contribution in [3.8, 4) is 0 Å². The molecule has 5 heteroatoms. The van der Waals surface area contributed by atoms with Crippen molar-refractivity contribution in [2.45, 2.75) is 19.9 Å². The molecule has 1 atom stereocenters. The predicted molar refractivity (Wildman–Crippen MR) is 64.3 cm³/mol. The molecule has 0 aliphatic carbocycles. The van der Waals surface area contributed by atoms with Crippen molar-refractivity contribution >= 4 is 24.0 Å². The second kappa shape index (κ2) is 5.66. The van der Waals surface area contributed by atoms with Gasteiger partial charge in [0.2, 0.25) is 0 Å². The number of hydrogen-bond donors (Lipinski definition) is 2. The minimum absolute atomic E-state index is 0. The first-order valence-corrected chi connectivity index (χ1v) is 4.83. The van der Waals surface area contributed by atoms with Gasteiger partial charge in [-0.15, -0.1) is 12.4 Å². The maximum Gasteiger partial charge on any atom is 0.133 e. The molecule has 0 fully saturated rings. The Bertz CT molecular complexity index is 318. The van der Waals surface area contributed by atoms with Crippen LogP contribution in [0.5, 0.6) is 0 Å². The fourth-order valence-corrected chi connectivity index (χ4v) is 1.39. The molecule has 0 saturated carbocycles. The molecule has 0 aromatic carbocycles. The second-order valence-corrected chi connectivity index (χ2v) is 4.37. The van der Waals surface area contributed by atoms with Crippen molar-refractivity contribution in [1.29, 1.82) is 0 Å². The molecule has 86 valence electrons. The summed E-state index contributed by atoms with van der Waals surface area (Å²) in [5.41, 5.74) is 6.38.